The van der Waals surface area contributed by atoms with Crippen molar-refractivity contribution in [2.24, 2.45) is 12.8 Å². The summed E-state index contributed by atoms with van der Waals surface area (Å²) in [4.78, 5) is 26.6. The van der Waals surface area contributed by atoms with Crippen LogP contribution in [0.4, 0.5) is 16.4 Å². The third kappa shape index (κ3) is 2.37. The van der Waals surface area contributed by atoms with Crippen molar-refractivity contribution in [3.63, 3.8) is 0 Å². The van der Waals surface area contributed by atoms with Crippen molar-refractivity contribution in [1.82, 2.24) is 34.3 Å². The molecule has 5 aromatic heterocycles. The van der Waals surface area contributed by atoms with E-state index in [1.165, 1.54) is 15.7 Å². The number of hydrogen-bond donors (Lipinski definition) is 1. The zero-order valence-corrected chi connectivity index (χ0v) is 14.6. The van der Waals surface area contributed by atoms with Crippen LogP contribution >= 0.6 is 0 Å². The van der Waals surface area contributed by atoms with Crippen molar-refractivity contribution in [2.75, 3.05) is 4.90 Å². The minimum absolute atomic E-state index is 0.158. The van der Waals surface area contributed by atoms with E-state index in [2.05, 4.69) is 25.1 Å². The van der Waals surface area contributed by atoms with Gasteiger partial charge < -0.3 is 10.2 Å². The number of nitrogens with two attached hydrogens (primary N) is 1. The van der Waals surface area contributed by atoms with Gasteiger partial charge in [-0.15, -0.1) is 5.10 Å². The lowest BCUT2D eigenvalue weighted by Gasteiger charge is -2.19. The second-order valence-electron chi connectivity index (χ2n) is 5.98. The number of nitrogens with zero attached hydrogens (tertiary/aromatic N) is 8. The van der Waals surface area contributed by atoms with Crippen molar-refractivity contribution in [3.05, 3.63) is 49.1 Å². The minimum atomic E-state index is -0.731. The highest BCUT2D eigenvalue weighted by molar-refractivity contribution is 5.99. The zero-order chi connectivity index (χ0) is 19.3. The molecule has 2 amide bonds. The first-order valence-electron chi connectivity index (χ1n) is 8.25. The van der Waals surface area contributed by atoms with Gasteiger partial charge in [0, 0.05) is 25.6 Å². The summed E-state index contributed by atoms with van der Waals surface area (Å²) in [5, 5.41) is 9.51. The maximum Gasteiger partial charge on any atom is 0.326 e. The van der Waals surface area contributed by atoms with Crippen LogP contribution in [0.5, 0.6) is 0 Å². The number of furan rings is 1. The minimum Gasteiger partial charge on any atom is -0.461 e. The smallest absolute Gasteiger partial charge is 0.326 e. The van der Waals surface area contributed by atoms with Gasteiger partial charge in [0.1, 0.15) is 0 Å². The number of amides is 2. The van der Waals surface area contributed by atoms with Crippen molar-refractivity contribution in [2.45, 2.75) is 0 Å². The van der Waals surface area contributed by atoms with E-state index in [1.807, 2.05) is 0 Å². The summed E-state index contributed by atoms with van der Waals surface area (Å²) in [6.45, 7) is 0. The lowest BCUT2D eigenvalue weighted by molar-refractivity contribution is 0.255. The van der Waals surface area contributed by atoms with Crippen LogP contribution in [0.3, 0.4) is 0 Å². The molecule has 5 heterocycles. The number of pyridine rings is 1. The predicted octanol–water partition coefficient (Wildman–Crippen LogP) is 1.88. The molecule has 5 rings (SSSR count). The Balaban J connectivity index is 1.84. The predicted molar refractivity (Wildman–Crippen MR) is 98.7 cm³/mol. The molecule has 0 saturated carbocycles. The van der Waals surface area contributed by atoms with Gasteiger partial charge in [0.15, 0.2) is 17.1 Å². The van der Waals surface area contributed by atoms with E-state index < -0.39 is 6.03 Å². The molecule has 0 unspecified atom stereocenters. The van der Waals surface area contributed by atoms with E-state index >= 15 is 0 Å². The maximum atomic E-state index is 12.3. The van der Waals surface area contributed by atoms with Crippen LogP contribution in [-0.2, 0) is 7.05 Å². The Morgan fingerprint density at radius 2 is 2.00 bits per heavy atom. The monoisotopic (exact) mass is 375 g/mol. The van der Waals surface area contributed by atoms with E-state index in [4.69, 9.17) is 10.2 Å². The molecule has 5 aromatic rings. The molecule has 0 spiro atoms. The largest absolute Gasteiger partial charge is 0.461 e. The highest BCUT2D eigenvalue weighted by atomic mass is 16.3. The van der Waals surface area contributed by atoms with Gasteiger partial charge in [-0.05, 0) is 24.3 Å². The Labute approximate surface area is 157 Å². The summed E-state index contributed by atoms with van der Waals surface area (Å²) in [6, 6.07) is 6.05. The number of primary amides is 1. The maximum absolute atomic E-state index is 12.3. The Morgan fingerprint density at radius 1 is 1.18 bits per heavy atom. The number of carbonyl (C=O) groups is 1. The summed E-state index contributed by atoms with van der Waals surface area (Å²) in [5.41, 5.74) is 7.03. The Morgan fingerprint density at radius 3 is 2.71 bits per heavy atom. The molecular weight excluding hydrogens is 362 g/mol. The highest BCUT2D eigenvalue weighted by Crippen LogP contribution is 2.28. The van der Waals surface area contributed by atoms with E-state index in [9.17, 15) is 4.79 Å². The SMILES string of the molecule is Cn1cc2c(nc(N(C(N)=O)c3ccncc3)n3nc(-c4ccco4)nc23)n1. The van der Waals surface area contributed by atoms with Gasteiger partial charge in [-0.2, -0.15) is 14.6 Å². The lowest BCUT2D eigenvalue weighted by Crippen LogP contribution is -2.33. The standard InChI is InChI=1S/C17H13N9O2/c1-24-9-11-13(22-24)21-17(25(16(18)27)10-4-6-19-7-5-10)26-15(11)20-14(23-26)12-3-2-8-28-12/h2-9H,1H3,(H2,18,27). The Kier molecular flexibility index (Phi) is 3.34. The molecule has 0 aromatic carbocycles. The molecule has 11 heteroatoms. The quantitative estimate of drug-likeness (QED) is 0.509. The fraction of sp³-hybridized carbons (Fsp3) is 0.0588. The number of aryl methyl sites for hydroxylation is 1. The normalized spacial score (nSPS) is 11.3. The summed E-state index contributed by atoms with van der Waals surface area (Å²) < 4.78 is 8.47. The average Bonchev–Trinajstić information content (AvgIpc) is 3.40. The van der Waals surface area contributed by atoms with E-state index in [1.54, 1.807) is 54.6 Å². The molecule has 0 aliphatic heterocycles. The number of hydrogen-bond acceptors (Lipinski definition) is 7. The Hall–Kier alpha value is -4.28. The molecule has 0 aliphatic carbocycles. The lowest BCUT2D eigenvalue weighted by atomic mass is 10.3. The zero-order valence-electron chi connectivity index (χ0n) is 14.6. The number of carbonyl (C=O) groups excluding carboxylic acids is 1. The van der Waals surface area contributed by atoms with Crippen LogP contribution < -0.4 is 10.6 Å². The molecule has 0 radical (unpaired) electrons. The third-order valence-electron chi connectivity index (χ3n) is 4.14. The number of anilines is 2. The highest BCUT2D eigenvalue weighted by Gasteiger charge is 2.25. The molecular formula is C17H13N9O2. The molecule has 11 nitrogen and oxygen atoms in total. The van der Waals surface area contributed by atoms with Crippen LogP contribution in [0.1, 0.15) is 0 Å². The van der Waals surface area contributed by atoms with Crippen molar-refractivity contribution < 1.29 is 9.21 Å². The second-order valence-corrected chi connectivity index (χ2v) is 5.98. The van der Waals surface area contributed by atoms with Gasteiger partial charge in [0.25, 0.3) is 0 Å². The number of rotatable bonds is 3. The molecule has 0 aliphatic rings. The van der Waals surface area contributed by atoms with Gasteiger partial charge in [-0.3, -0.25) is 9.67 Å². The summed E-state index contributed by atoms with van der Waals surface area (Å²) in [7, 11) is 1.77. The van der Waals surface area contributed by atoms with Crippen LogP contribution in [0, 0.1) is 0 Å². The van der Waals surface area contributed by atoms with Crippen LogP contribution in [0.25, 0.3) is 28.3 Å². The molecule has 0 fully saturated rings. The summed E-state index contributed by atoms with van der Waals surface area (Å²) in [6.07, 6.45) is 6.42. The number of urea groups is 1. The number of aromatic nitrogens is 7. The molecule has 0 saturated heterocycles. The molecule has 0 bridgehead atoms. The summed E-state index contributed by atoms with van der Waals surface area (Å²) >= 11 is 0. The summed E-state index contributed by atoms with van der Waals surface area (Å²) in [5.74, 6) is 0.995. The van der Waals surface area contributed by atoms with Crippen LogP contribution in [-0.4, -0.2) is 40.4 Å². The first kappa shape index (κ1) is 15.9. The van der Waals surface area contributed by atoms with Gasteiger partial charge in [-0.25, -0.2) is 14.7 Å². The fourth-order valence-electron chi connectivity index (χ4n) is 2.97. The fourth-order valence-corrected chi connectivity index (χ4v) is 2.97. The second kappa shape index (κ2) is 5.87. The van der Waals surface area contributed by atoms with Crippen molar-refractivity contribution in [3.8, 4) is 11.6 Å². The van der Waals surface area contributed by atoms with E-state index in [0.717, 1.165) is 0 Å². The molecule has 138 valence electrons. The van der Waals surface area contributed by atoms with E-state index in [0.29, 0.717) is 34.0 Å². The first-order chi connectivity index (χ1) is 13.6. The number of fused-ring (bicyclic) bond motifs is 3. The molecule has 28 heavy (non-hydrogen) atoms. The van der Waals surface area contributed by atoms with Gasteiger partial charge in [0.05, 0.1) is 17.3 Å². The third-order valence-corrected chi connectivity index (χ3v) is 4.14. The first-order valence-corrected chi connectivity index (χ1v) is 8.25. The average molecular weight is 375 g/mol. The van der Waals surface area contributed by atoms with Crippen LogP contribution in [0.2, 0.25) is 0 Å². The van der Waals surface area contributed by atoms with Gasteiger partial charge in [0.2, 0.25) is 11.8 Å². The topological polar surface area (TPSA) is 133 Å². The van der Waals surface area contributed by atoms with E-state index in [-0.39, 0.29) is 5.95 Å². The molecule has 2 N–H and O–H groups in total. The molecule has 0 atom stereocenters. The van der Waals surface area contributed by atoms with Crippen LogP contribution in [0.15, 0.2) is 53.5 Å². The Bertz CT molecular complexity index is 1310. The van der Waals surface area contributed by atoms with Crippen molar-refractivity contribution in [1.29, 1.82) is 0 Å². The van der Waals surface area contributed by atoms with Gasteiger partial charge >= 0.3 is 6.03 Å². The van der Waals surface area contributed by atoms with Gasteiger partial charge in [-0.1, -0.05) is 0 Å². The van der Waals surface area contributed by atoms with Crippen molar-refractivity contribution >= 4 is 34.3 Å².